The van der Waals surface area contributed by atoms with E-state index in [-0.39, 0.29) is 12.6 Å². The molecule has 0 fully saturated rings. The number of pyridine rings is 1. The molecule has 0 amide bonds. The third kappa shape index (κ3) is 4.84. The minimum Gasteiger partial charge on any atom is -0.394 e. The van der Waals surface area contributed by atoms with Gasteiger partial charge in [0.2, 0.25) is 5.95 Å². The molecule has 6 nitrogen and oxygen atoms in total. The van der Waals surface area contributed by atoms with Crippen LogP contribution in [-0.2, 0) is 0 Å². The van der Waals surface area contributed by atoms with Crippen molar-refractivity contribution in [1.82, 2.24) is 15.0 Å². The predicted octanol–water partition coefficient (Wildman–Crippen LogP) is 4.51. The van der Waals surface area contributed by atoms with Crippen LogP contribution in [0.1, 0.15) is 37.8 Å². The van der Waals surface area contributed by atoms with Crippen LogP contribution in [0.4, 0.5) is 17.5 Å². The normalized spacial score (nSPS) is 12.1. The number of nitrogens with zero attached hydrogens (tertiary/aromatic N) is 3. The van der Waals surface area contributed by atoms with Crippen LogP contribution in [0.15, 0.2) is 48.8 Å². The molecule has 6 heteroatoms. The second-order valence-electron chi connectivity index (χ2n) is 7.28. The van der Waals surface area contributed by atoms with E-state index in [4.69, 9.17) is 0 Å². The lowest BCUT2D eigenvalue weighted by Crippen LogP contribution is -2.21. The molecule has 28 heavy (non-hydrogen) atoms. The average Bonchev–Trinajstić information content (AvgIpc) is 2.68. The third-order valence-corrected chi connectivity index (χ3v) is 4.52. The molecule has 2 heterocycles. The van der Waals surface area contributed by atoms with Gasteiger partial charge in [0.15, 0.2) is 0 Å². The Kier molecular flexibility index (Phi) is 6.21. The molecule has 0 aliphatic carbocycles. The van der Waals surface area contributed by atoms with Crippen molar-refractivity contribution >= 4 is 17.5 Å². The van der Waals surface area contributed by atoms with Gasteiger partial charge in [-0.1, -0.05) is 19.9 Å². The Bertz CT molecular complexity index is 927. The van der Waals surface area contributed by atoms with E-state index in [0.717, 1.165) is 16.9 Å². The third-order valence-electron chi connectivity index (χ3n) is 4.52. The van der Waals surface area contributed by atoms with Gasteiger partial charge in [0.05, 0.1) is 12.3 Å². The van der Waals surface area contributed by atoms with Crippen LogP contribution < -0.4 is 10.6 Å². The second-order valence-corrected chi connectivity index (χ2v) is 7.28. The number of aliphatic hydroxyl groups is 1. The van der Waals surface area contributed by atoms with Crippen molar-refractivity contribution in [2.24, 2.45) is 0 Å². The van der Waals surface area contributed by atoms with Gasteiger partial charge in [0.25, 0.3) is 0 Å². The van der Waals surface area contributed by atoms with Crippen LogP contribution in [0.2, 0.25) is 0 Å². The summed E-state index contributed by atoms with van der Waals surface area (Å²) in [5.41, 5.74) is 5.29. The first-order chi connectivity index (χ1) is 13.5. The summed E-state index contributed by atoms with van der Waals surface area (Å²) in [6, 6.07) is 11.9. The highest BCUT2D eigenvalue weighted by Crippen LogP contribution is 2.26. The lowest BCUT2D eigenvalue weighted by atomic mass is 9.98. The molecule has 0 aliphatic heterocycles. The van der Waals surface area contributed by atoms with Gasteiger partial charge in [0.1, 0.15) is 5.82 Å². The number of nitrogens with one attached hydrogen (secondary N) is 2. The van der Waals surface area contributed by atoms with Gasteiger partial charge in [-0.3, -0.25) is 4.98 Å². The van der Waals surface area contributed by atoms with Crippen LogP contribution >= 0.6 is 0 Å². The maximum Gasteiger partial charge on any atom is 0.225 e. The van der Waals surface area contributed by atoms with Gasteiger partial charge in [0, 0.05) is 35.8 Å². The molecule has 0 bridgehead atoms. The molecular formula is C22H27N5O. The Morgan fingerprint density at radius 3 is 2.39 bits per heavy atom. The highest BCUT2D eigenvalue weighted by Gasteiger charge is 2.10. The summed E-state index contributed by atoms with van der Waals surface area (Å²) in [5.74, 6) is 1.64. The molecule has 0 saturated carbocycles. The Balaban J connectivity index is 1.95. The molecule has 0 radical (unpaired) electrons. The topological polar surface area (TPSA) is 83.0 Å². The number of hydrogen-bond acceptors (Lipinski definition) is 6. The van der Waals surface area contributed by atoms with Gasteiger partial charge in [-0.25, -0.2) is 4.98 Å². The van der Waals surface area contributed by atoms with Crippen LogP contribution in [-0.4, -0.2) is 32.7 Å². The zero-order chi connectivity index (χ0) is 20.1. The first kappa shape index (κ1) is 19.8. The maximum atomic E-state index is 9.35. The maximum absolute atomic E-state index is 9.35. The number of aliphatic hydroxyl groups excluding tert-OH is 1. The Morgan fingerprint density at radius 1 is 1.00 bits per heavy atom. The monoisotopic (exact) mass is 377 g/mol. The average molecular weight is 377 g/mol. The van der Waals surface area contributed by atoms with Gasteiger partial charge in [-0.15, -0.1) is 0 Å². The Morgan fingerprint density at radius 2 is 1.75 bits per heavy atom. The summed E-state index contributed by atoms with van der Waals surface area (Å²) in [7, 11) is 0. The molecule has 1 atom stereocenters. The number of benzene rings is 1. The van der Waals surface area contributed by atoms with E-state index in [1.165, 1.54) is 11.1 Å². The molecular weight excluding hydrogens is 350 g/mol. The number of hydrogen-bond donors (Lipinski definition) is 3. The van der Waals surface area contributed by atoms with Crippen LogP contribution in [0.25, 0.3) is 11.3 Å². The summed E-state index contributed by atoms with van der Waals surface area (Å²) in [6.07, 6.45) is 3.48. The van der Waals surface area contributed by atoms with E-state index in [1.807, 2.05) is 25.1 Å². The van der Waals surface area contributed by atoms with Crippen molar-refractivity contribution in [2.45, 2.75) is 39.7 Å². The lowest BCUT2D eigenvalue weighted by Gasteiger charge is -2.15. The molecule has 1 aromatic carbocycles. The highest BCUT2D eigenvalue weighted by molar-refractivity contribution is 5.67. The number of rotatable bonds is 7. The fraction of sp³-hybridized carbons (Fsp3) is 0.318. The molecule has 0 saturated heterocycles. The fourth-order valence-corrected chi connectivity index (χ4v) is 3.06. The van der Waals surface area contributed by atoms with Crippen molar-refractivity contribution in [1.29, 1.82) is 0 Å². The van der Waals surface area contributed by atoms with E-state index in [9.17, 15) is 5.11 Å². The van der Waals surface area contributed by atoms with E-state index in [0.29, 0.717) is 17.7 Å². The minimum atomic E-state index is -0.145. The highest BCUT2D eigenvalue weighted by atomic mass is 16.3. The van der Waals surface area contributed by atoms with E-state index >= 15 is 0 Å². The fourth-order valence-electron chi connectivity index (χ4n) is 3.06. The molecule has 3 aromatic rings. The summed E-state index contributed by atoms with van der Waals surface area (Å²) in [6.45, 7) is 8.39. The van der Waals surface area contributed by atoms with Gasteiger partial charge < -0.3 is 15.7 Å². The Labute approximate surface area is 166 Å². The quantitative estimate of drug-likeness (QED) is 0.562. The molecule has 146 valence electrons. The molecule has 0 aliphatic rings. The van der Waals surface area contributed by atoms with E-state index in [1.54, 1.807) is 12.4 Å². The van der Waals surface area contributed by atoms with Gasteiger partial charge >= 0.3 is 0 Å². The molecule has 0 spiro atoms. The van der Waals surface area contributed by atoms with Crippen LogP contribution in [0.3, 0.4) is 0 Å². The first-order valence-corrected chi connectivity index (χ1v) is 9.50. The minimum absolute atomic E-state index is 0.00145. The Hall–Kier alpha value is -2.99. The smallest absolute Gasteiger partial charge is 0.225 e. The summed E-state index contributed by atoms with van der Waals surface area (Å²) >= 11 is 0. The second kappa shape index (κ2) is 8.80. The SMILES string of the molecule is Cc1cc(Nc2cc(-c3ccncc3)nc(N[C@H](C)CO)n2)ccc1C(C)C. The summed E-state index contributed by atoms with van der Waals surface area (Å²) in [4.78, 5) is 13.2. The summed E-state index contributed by atoms with van der Waals surface area (Å²) in [5, 5.41) is 15.9. The van der Waals surface area contributed by atoms with E-state index < -0.39 is 0 Å². The van der Waals surface area contributed by atoms with E-state index in [2.05, 4.69) is 64.6 Å². The van der Waals surface area contributed by atoms with Crippen molar-refractivity contribution in [3.05, 3.63) is 59.9 Å². The van der Waals surface area contributed by atoms with Crippen LogP contribution in [0.5, 0.6) is 0 Å². The standard InChI is InChI=1S/C22H27N5O/c1-14(2)19-6-5-18(11-15(19)3)25-21-12-20(17-7-9-23-10-8-17)26-22(27-21)24-16(4)13-28/h5-12,14,16,28H,13H2,1-4H3,(H2,24,25,26,27)/t16-/m1/s1. The van der Waals surface area contributed by atoms with Crippen molar-refractivity contribution < 1.29 is 5.11 Å². The largest absolute Gasteiger partial charge is 0.394 e. The number of aryl methyl sites for hydroxylation is 1. The number of aromatic nitrogens is 3. The lowest BCUT2D eigenvalue weighted by molar-refractivity contribution is 0.281. The molecule has 3 rings (SSSR count). The van der Waals surface area contributed by atoms with Gasteiger partial charge in [-0.05, 0) is 55.2 Å². The first-order valence-electron chi connectivity index (χ1n) is 9.50. The molecule has 2 aromatic heterocycles. The van der Waals surface area contributed by atoms with Gasteiger partial charge in [-0.2, -0.15) is 4.98 Å². The summed E-state index contributed by atoms with van der Waals surface area (Å²) < 4.78 is 0. The van der Waals surface area contributed by atoms with Crippen molar-refractivity contribution in [3.8, 4) is 11.3 Å². The molecule has 0 unspecified atom stereocenters. The van der Waals surface area contributed by atoms with Crippen LogP contribution in [0, 0.1) is 6.92 Å². The zero-order valence-corrected chi connectivity index (χ0v) is 16.8. The van der Waals surface area contributed by atoms with Crippen molar-refractivity contribution in [2.75, 3.05) is 17.2 Å². The molecule has 3 N–H and O–H groups in total. The number of anilines is 3. The predicted molar refractivity (Wildman–Crippen MR) is 114 cm³/mol. The van der Waals surface area contributed by atoms with Crippen molar-refractivity contribution in [3.63, 3.8) is 0 Å². The zero-order valence-electron chi connectivity index (χ0n) is 16.8.